The fourth-order valence-corrected chi connectivity index (χ4v) is 1.98. The molecule has 0 radical (unpaired) electrons. The van der Waals surface area contributed by atoms with Crippen LogP contribution in [0.3, 0.4) is 0 Å². The Hall–Kier alpha value is -1.28. The molecule has 1 heterocycles. The molecule has 1 aromatic heterocycles. The van der Waals surface area contributed by atoms with Crippen molar-refractivity contribution in [3.63, 3.8) is 0 Å². The first-order valence-electron chi connectivity index (χ1n) is 5.18. The number of para-hydroxylation sites is 1. The molecule has 72 valence electrons. The topological polar surface area (TPSA) is 41.8 Å². The number of hydrogen-bond acceptors (Lipinski definition) is 1. The summed E-state index contributed by atoms with van der Waals surface area (Å²) < 4.78 is 0. The highest BCUT2D eigenvalue weighted by Gasteiger charge is 2.30. The lowest BCUT2D eigenvalue weighted by Crippen LogP contribution is -2.12. The summed E-state index contributed by atoms with van der Waals surface area (Å²) in [7, 11) is 0. The van der Waals surface area contributed by atoms with Crippen molar-refractivity contribution in [2.75, 3.05) is 0 Å². The number of nitrogens with one attached hydrogen (secondary N) is 1. The normalized spacial score (nSPS) is 18.6. The van der Waals surface area contributed by atoms with E-state index in [0.717, 1.165) is 0 Å². The Labute approximate surface area is 83.1 Å². The summed E-state index contributed by atoms with van der Waals surface area (Å²) in [5, 5.41) is 1.26. The fraction of sp³-hybridized carbons (Fsp3) is 0.333. The van der Waals surface area contributed by atoms with E-state index in [0.29, 0.717) is 5.92 Å². The first-order valence-corrected chi connectivity index (χ1v) is 5.18. The summed E-state index contributed by atoms with van der Waals surface area (Å²) in [5.74, 6) is 0.711. The maximum Gasteiger partial charge on any atom is 0.0476 e. The van der Waals surface area contributed by atoms with Crippen molar-refractivity contribution in [2.45, 2.75) is 18.9 Å². The monoisotopic (exact) mass is 186 g/mol. The standard InChI is InChI=1S/C12H14N2/c13-12(8-5-6-8)11-7-9-3-1-2-4-10(9)14-11/h1-4,7-8,12,14H,5-6,13H2/t12-/m1/s1. The highest BCUT2D eigenvalue weighted by Crippen LogP contribution is 2.39. The van der Waals surface area contributed by atoms with E-state index in [1.165, 1.54) is 29.4 Å². The van der Waals surface area contributed by atoms with Gasteiger partial charge < -0.3 is 10.7 Å². The van der Waals surface area contributed by atoms with Crippen LogP contribution in [0, 0.1) is 5.92 Å². The van der Waals surface area contributed by atoms with Crippen LogP contribution >= 0.6 is 0 Å². The van der Waals surface area contributed by atoms with E-state index in [4.69, 9.17) is 5.73 Å². The first kappa shape index (κ1) is 8.06. The summed E-state index contributed by atoms with van der Waals surface area (Å²) in [5.41, 5.74) is 8.51. The molecular weight excluding hydrogens is 172 g/mol. The van der Waals surface area contributed by atoms with Gasteiger partial charge in [0.2, 0.25) is 0 Å². The van der Waals surface area contributed by atoms with Crippen molar-refractivity contribution in [3.05, 3.63) is 36.0 Å². The minimum Gasteiger partial charge on any atom is -0.357 e. The van der Waals surface area contributed by atoms with Crippen molar-refractivity contribution in [3.8, 4) is 0 Å². The number of H-pyrrole nitrogens is 1. The Kier molecular flexibility index (Phi) is 1.64. The first-order chi connectivity index (χ1) is 6.84. The molecule has 1 aliphatic rings. The van der Waals surface area contributed by atoms with Crippen LogP contribution in [0.25, 0.3) is 10.9 Å². The second-order valence-corrected chi connectivity index (χ2v) is 4.18. The minimum atomic E-state index is 0.211. The molecule has 1 aliphatic carbocycles. The third-order valence-electron chi connectivity index (χ3n) is 3.04. The van der Waals surface area contributed by atoms with Gasteiger partial charge in [-0.25, -0.2) is 0 Å². The second-order valence-electron chi connectivity index (χ2n) is 4.18. The predicted octanol–water partition coefficient (Wildman–Crippen LogP) is 2.58. The fourth-order valence-electron chi connectivity index (χ4n) is 1.98. The zero-order chi connectivity index (χ0) is 9.54. The maximum absolute atomic E-state index is 6.13. The van der Waals surface area contributed by atoms with E-state index < -0.39 is 0 Å². The molecule has 0 aliphatic heterocycles. The summed E-state index contributed by atoms with van der Waals surface area (Å²) in [4.78, 5) is 3.39. The van der Waals surface area contributed by atoms with Crippen LogP contribution in [0.2, 0.25) is 0 Å². The van der Waals surface area contributed by atoms with Gasteiger partial charge in [-0.3, -0.25) is 0 Å². The number of rotatable bonds is 2. The summed E-state index contributed by atoms with van der Waals surface area (Å²) in [6.45, 7) is 0. The number of benzene rings is 1. The van der Waals surface area contributed by atoms with Crippen LogP contribution in [0.5, 0.6) is 0 Å². The summed E-state index contributed by atoms with van der Waals surface area (Å²) in [6, 6.07) is 10.7. The van der Waals surface area contributed by atoms with E-state index in [1.54, 1.807) is 0 Å². The lowest BCUT2D eigenvalue weighted by Gasteiger charge is -2.06. The van der Waals surface area contributed by atoms with Gasteiger partial charge in [0, 0.05) is 17.3 Å². The molecule has 0 spiro atoms. The summed E-state index contributed by atoms with van der Waals surface area (Å²) in [6.07, 6.45) is 2.58. The van der Waals surface area contributed by atoms with Gasteiger partial charge in [-0.15, -0.1) is 0 Å². The van der Waals surface area contributed by atoms with Crippen molar-refractivity contribution in [1.29, 1.82) is 0 Å². The molecule has 0 saturated heterocycles. The van der Waals surface area contributed by atoms with Gasteiger partial charge >= 0.3 is 0 Å². The molecular formula is C12H14N2. The Morgan fingerprint density at radius 3 is 2.79 bits per heavy atom. The lowest BCUT2D eigenvalue weighted by molar-refractivity contribution is 0.620. The molecule has 14 heavy (non-hydrogen) atoms. The van der Waals surface area contributed by atoms with Gasteiger partial charge in [0.1, 0.15) is 0 Å². The van der Waals surface area contributed by atoms with Crippen LogP contribution in [-0.2, 0) is 0 Å². The quantitative estimate of drug-likeness (QED) is 0.743. The molecule has 0 unspecified atom stereocenters. The van der Waals surface area contributed by atoms with Gasteiger partial charge in [-0.1, -0.05) is 18.2 Å². The third-order valence-corrected chi connectivity index (χ3v) is 3.04. The highest BCUT2D eigenvalue weighted by molar-refractivity contribution is 5.80. The van der Waals surface area contributed by atoms with Crippen LogP contribution in [0.4, 0.5) is 0 Å². The Bertz CT molecular complexity index is 421. The van der Waals surface area contributed by atoms with Gasteiger partial charge in [0.05, 0.1) is 0 Å². The molecule has 1 atom stereocenters. The average Bonchev–Trinajstić information content (AvgIpc) is 2.95. The van der Waals surface area contributed by atoms with Crippen LogP contribution in [-0.4, -0.2) is 4.98 Å². The Morgan fingerprint density at radius 1 is 1.29 bits per heavy atom. The average molecular weight is 186 g/mol. The zero-order valence-electron chi connectivity index (χ0n) is 8.03. The van der Waals surface area contributed by atoms with Gasteiger partial charge in [0.15, 0.2) is 0 Å². The van der Waals surface area contributed by atoms with Gasteiger partial charge in [-0.2, -0.15) is 0 Å². The molecule has 2 nitrogen and oxygen atoms in total. The molecule has 3 N–H and O–H groups in total. The number of nitrogens with two attached hydrogens (primary N) is 1. The number of aromatic nitrogens is 1. The van der Waals surface area contributed by atoms with E-state index in [9.17, 15) is 0 Å². The SMILES string of the molecule is N[C@@H](c1cc2ccccc2[nH]1)C1CC1. The van der Waals surface area contributed by atoms with E-state index in [-0.39, 0.29) is 6.04 Å². The number of hydrogen-bond donors (Lipinski definition) is 2. The van der Waals surface area contributed by atoms with E-state index >= 15 is 0 Å². The zero-order valence-corrected chi connectivity index (χ0v) is 8.03. The molecule has 3 rings (SSSR count). The van der Waals surface area contributed by atoms with Crippen molar-refractivity contribution < 1.29 is 0 Å². The maximum atomic E-state index is 6.13. The van der Waals surface area contributed by atoms with Crippen LogP contribution in [0.15, 0.2) is 30.3 Å². The Morgan fingerprint density at radius 2 is 2.07 bits per heavy atom. The molecule has 1 fully saturated rings. The molecule has 1 saturated carbocycles. The van der Waals surface area contributed by atoms with Crippen molar-refractivity contribution >= 4 is 10.9 Å². The van der Waals surface area contributed by atoms with Gasteiger partial charge in [0.25, 0.3) is 0 Å². The molecule has 1 aromatic carbocycles. The molecule has 0 bridgehead atoms. The largest absolute Gasteiger partial charge is 0.357 e. The van der Waals surface area contributed by atoms with Crippen LogP contribution in [0.1, 0.15) is 24.6 Å². The van der Waals surface area contributed by atoms with Gasteiger partial charge in [-0.05, 0) is 36.3 Å². The van der Waals surface area contributed by atoms with E-state index in [1.807, 2.05) is 6.07 Å². The highest BCUT2D eigenvalue weighted by atomic mass is 14.8. The predicted molar refractivity (Wildman–Crippen MR) is 58.0 cm³/mol. The minimum absolute atomic E-state index is 0.211. The number of fused-ring (bicyclic) bond motifs is 1. The molecule has 2 heteroatoms. The smallest absolute Gasteiger partial charge is 0.0476 e. The lowest BCUT2D eigenvalue weighted by atomic mass is 10.1. The molecule has 2 aromatic rings. The van der Waals surface area contributed by atoms with Crippen molar-refractivity contribution in [1.82, 2.24) is 4.98 Å². The summed E-state index contributed by atoms with van der Waals surface area (Å²) >= 11 is 0. The Balaban J connectivity index is 2.04. The second kappa shape index (κ2) is 2.85. The third kappa shape index (κ3) is 1.23. The van der Waals surface area contributed by atoms with Crippen LogP contribution < -0.4 is 5.73 Å². The van der Waals surface area contributed by atoms with Crippen molar-refractivity contribution in [2.24, 2.45) is 11.7 Å². The number of aromatic amines is 1. The molecule has 0 amide bonds. The van der Waals surface area contributed by atoms with E-state index in [2.05, 4.69) is 29.2 Å².